The maximum atomic E-state index is 4.95. The minimum atomic E-state index is 0.682. The molecule has 7 rings (SSSR count). The van der Waals surface area contributed by atoms with E-state index in [2.05, 4.69) is 94.8 Å². The summed E-state index contributed by atoms with van der Waals surface area (Å²) in [5.74, 6) is 2.08. The van der Waals surface area contributed by atoms with Gasteiger partial charge in [-0.1, -0.05) is 97.1 Å². The van der Waals surface area contributed by atoms with Crippen LogP contribution in [-0.2, 0) is 0 Å². The lowest BCUT2D eigenvalue weighted by molar-refractivity contribution is 1.01. The summed E-state index contributed by atoms with van der Waals surface area (Å²) in [6, 6.07) is 31.7. The molecule has 0 saturated heterocycles. The fourth-order valence-corrected chi connectivity index (χ4v) is 6.82. The third kappa shape index (κ3) is 4.18. The molecule has 0 N–H and O–H groups in total. The second kappa shape index (κ2) is 9.75. The van der Waals surface area contributed by atoms with E-state index in [-0.39, 0.29) is 0 Å². The van der Waals surface area contributed by atoms with Crippen LogP contribution in [0.25, 0.3) is 59.6 Å². The molecule has 5 heteroatoms. The van der Waals surface area contributed by atoms with Gasteiger partial charge >= 0.3 is 0 Å². The monoisotopic (exact) mass is 571 g/mol. The van der Waals surface area contributed by atoms with Crippen LogP contribution in [0.4, 0.5) is 0 Å². The Morgan fingerprint density at radius 1 is 0.605 bits per heavy atom. The zero-order valence-electron chi connectivity index (χ0n) is 20.4. The largest absolute Gasteiger partial charge is 0.208 e. The quantitative estimate of drug-likeness (QED) is 0.211. The second-order valence-electron chi connectivity index (χ2n) is 9.29. The van der Waals surface area contributed by atoms with Gasteiger partial charge in [0.15, 0.2) is 17.5 Å². The zero-order valence-corrected chi connectivity index (χ0v) is 22.8. The molecule has 0 bridgehead atoms. The van der Waals surface area contributed by atoms with Crippen LogP contribution in [0.3, 0.4) is 0 Å². The van der Waals surface area contributed by atoms with Gasteiger partial charge in [0.1, 0.15) is 0 Å². The predicted molar refractivity (Wildman–Crippen MR) is 163 cm³/mol. The van der Waals surface area contributed by atoms with Crippen LogP contribution in [0.5, 0.6) is 0 Å². The summed E-state index contributed by atoms with van der Waals surface area (Å²) in [7, 11) is 0. The normalized spacial score (nSPS) is 13.2. The number of hydrogen-bond donors (Lipinski definition) is 0. The Morgan fingerprint density at radius 3 is 2.11 bits per heavy atom. The van der Waals surface area contributed by atoms with Crippen LogP contribution in [-0.4, -0.2) is 15.0 Å². The van der Waals surface area contributed by atoms with E-state index < -0.39 is 0 Å². The molecule has 182 valence electrons. The molecule has 1 aliphatic rings. The number of rotatable bonds is 4. The zero-order chi connectivity index (χ0) is 25.5. The average Bonchev–Trinajstić information content (AvgIpc) is 3.38. The lowest BCUT2D eigenvalue weighted by atomic mass is 10.0. The van der Waals surface area contributed by atoms with Crippen molar-refractivity contribution in [3.63, 3.8) is 0 Å². The Kier molecular flexibility index (Phi) is 5.95. The van der Waals surface area contributed by atoms with Crippen LogP contribution in [0.1, 0.15) is 18.7 Å². The van der Waals surface area contributed by atoms with Crippen molar-refractivity contribution in [3.8, 4) is 33.9 Å². The fourth-order valence-electron chi connectivity index (χ4n) is 4.97. The van der Waals surface area contributed by atoms with Crippen molar-refractivity contribution in [3.05, 3.63) is 120 Å². The van der Waals surface area contributed by atoms with E-state index in [1.54, 1.807) is 0 Å². The molecule has 0 spiro atoms. The first-order chi connectivity index (χ1) is 18.7. The Balaban J connectivity index is 1.39. The first-order valence-electron chi connectivity index (χ1n) is 12.6. The van der Waals surface area contributed by atoms with Crippen LogP contribution >= 0.6 is 27.3 Å². The maximum Gasteiger partial charge on any atom is 0.164 e. The number of nitrogens with zero attached hydrogens (tertiary/aromatic N) is 3. The third-order valence-electron chi connectivity index (χ3n) is 6.83. The van der Waals surface area contributed by atoms with E-state index in [1.165, 1.54) is 25.7 Å². The highest BCUT2D eigenvalue weighted by atomic mass is 79.9. The Bertz CT molecular complexity index is 1890. The molecule has 2 aromatic heterocycles. The molecule has 38 heavy (non-hydrogen) atoms. The number of benzene rings is 4. The first-order valence-corrected chi connectivity index (χ1v) is 14.2. The van der Waals surface area contributed by atoms with Gasteiger partial charge in [0.25, 0.3) is 0 Å². The molecule has 6 aromatic rings. The van der Waals surface area contributed by atoms with Gasteiger partial charge in [-0.05, 0) is 52.0 Å². The molecule has 3 nitrogen and oxygen atoms in total. The minimum Gasteiger partial charge on any atom is -0.208 e. The fraction of sp³-hybridized carbons (Fsp3) is 0.0606. The van der Waals surface area contributed by atoms with Gasteiger partial charge in [0, 0.05) is 41.3 Å². The minimum absolute atomic E-state index is 0.682. The maximum absolute atomic E-state index is 4.95. The summed E-state index contributed by atoms with van der Waals surface area (Å²) in [5, 5.41) is 2.56. The lowest BCUT2D eigenvalue weighted by Gasteiger charge is -2.11. The number of allylic oxidation sites excluding steroid dienone is 4. The van der Waals surface area contributed by atoms with Crippen molar-refractivity contribution in [2.45, 2.75) is 12.8 Å². The van der Waals surface area contributed by atoms with Gasteiger partial charge in [0.05, 0.1) is 0 Å². The molecule has 0 atom stereocenters. The van der Waals surface area contributed by atoms with E-state index in [0.29, 0.717) is 17.5 Å². The Labute approximate surface area is 233 Å². The van der Waals surface area contributed by atoms with Gasteiger partial charge in [0.2, 0.25) is 0 Å². The van der Waals surface area contributed by atoms with Gasteiger partial charge < -0.3 is 0 Å². The van der Waals surface area contributed by atoms with Crippen molar-refractivity contribution in [2.75, 3.05) is 0 Å². The summed E-state index contributed by atoms with van der Waals surface area (Å²) in [5.41, 5.74) is 5.37. The second-order valence-corrected chi connectivity index (χ2v) is 11.2. The molecule has 0 saturated carbocycles. The Morgan fingerprint density at radius 2 is 1.29 bits per heavy atom. The highest BCUT2D eigenvalue weighted by Gasteiger charge is 2.16. The van der Waals surface area contributed by atoms with Gasteiger partial charge in [-0.25, -0.2) is 15.0 Å². The summed E-state index contributed by atoms with van der Waals surface area (Å²) in [6.07, 6.45) is 8.57. The standard InChI is InChI=1S/C33H22BrN3S/c34-28-19-9-18-27-26-17-8-16-25(29(26)38-30(27)28)23-14-7-15-24(20-23)33-36-31(21-10-3-1-4-11-21)35-32(37-33)22-12-5-2-6-13-22/h1,3-5,7-20H,2,6H2. The predicted octanol–water partition coefficient (Wildman–Crippen LogP) is 9.74. The number of aromatic nitrogens is 3. The molecule has 2 heterocycles. The topological polar surface area (TPSA) is 38.7 Å². The van der Waals surface area contributed by atoms with E-state index >= 15 is 0 Å². The van der Waals surface area contributed by atoms with Crippen LogP contribution < -0.4 is 0 Å². The number of hydrogen-bond acceptors (Lipinski definition) is 4. The Hall–Kier alpha value is -3.93. The van der Waals surface area contributed by atoms with Crippen LogP contribution in [0.2, 0.25) is 0 Å². The van der Waals surface area contributed by atoms with Gasteiger partial charge in [-0.15, -0.1) is 11.3 Å². The first kappa shape index (κ1) is 23.2. The molecular weight excluding hydrogens is 550 g/mol. The number of thiophene rings is 1. The summed E-state index contributed by atoms with van der Waals surface area (Å²) in [6.45, 7) is 0. The van der Waals surface area contributed by atoms with Crippen molar-refractivity contribution < 1.29 is 0 Å². The highest BCUT2D eigenvalue weighted by molar-refractivity contribution is 9.10. The smallest absolute Gasteiger partial charge is 0.164 e. The molecule has 4 aromatic carbocycles. The van der Waals surface area contributed by atoms with Gasteiger partial charge in [-0.3, -0.25) is 0 Å². The molecular formula is C33H22BrN3S. The van der Waals surface area contributed by atoms with Crippen LogP contribution in [0.15, 0.2) is 114 Å². The molecule has 0 fully saturated rings. The van der Waals surface area contributed by atoms with Gasteiger partial charge in [-0.2, -0.15) is 0 Å². The molecule has 1 aliphatic carbocycles. The van der Waals surface area contributed by atoms with Crippen molar-refractivity contribution in [1.29, 1.82) is 0 Å². The van der Waals surface area contributed by atoms with E-state index in [1.807, 2.05) is 41.7 Å². The summed E-state index contributed by atoms with van der Waals surface area (Å²) < 4.78 is 3.69. The van der Waals surface area contributed by atoms with E-state index in [9.17, 15) is 0 Å². The SMILES string of the molecule is Brc1cccc2c1sc1c(-c3cccc(-c4nc(C5=CCCC=C5)nc(-c5ccccc5)n4)c3)cccc12. The van der Waals surface area contributed by atoms with E-state index in [4.69, 9.17) is 15.0 Å². The van der Waals surface area contributed by atoms with E-state index in [0.717, 1.165) is 39.6 Å². The summed E-state index contributed by atoms with van der Waals surface area (Å²) in [4.78, 5) is 14.7. The third-order valence-corrected chi connectivity index (χ3v) is 9.04. The molecule has 0 unspecified atom stereocenters. The van der Waals surface area contributed by atoms with Crippen molar-refractivity contribution >= 4 is 53.0 Å². The van der Waals surface area contributed by atoms with Crippen LogP contribution in [0, 0.1) is 0 Å². The number of fused-ring (bicyclic) bond motifs is 3. The molecule has 0 radical (unpaired) electrons. The highest BCUT2D eigenvalue weighted by Crippen LogP contribution is 2.42. The molecule has 0 amide bonds. The summed E-state index contributed by atoms with van der Waals surface area (Å²) >= 11 is 5.57. The van der Waals surface area contributed by atoms with Crippen molar-refractivity contribution in [2.24, 2.45) is 0 Å². The molecule has 0 aliphatic heterocycles. The number of halogens is 1. The lowest BCUT2D eigenvalue weighted by Crippen LogP contribution is -2.03. The van der Waals surface area contributed by atoms with Crippen molar-refractivity contribution in [1.82, 2.24) is 15.0 Å². The average molecular weight is 573 g/mol.